The predicted molar refractivity (Wildman–Crippen MR) is 91.8 cm³/mol. The van der Waals surface area contributed by atoms with Crippen LogP contribution in [0.25, 0.3) is 10.8 Å². The van der Waals surface area contributed by atoms with Gasteiger partial charge in [0.15, 0.2) is 5.82 Å². The molecular formula is C17H14ClN3O2S. The lowest BCUT2D eigenvalue weighted by molar-refractivity contribution is -0.128. The molecule has 0 N–H and O–H groups in total. The number of carbonyl (C=O) groups is 1. The molecule has 7 heteroatoms. The van der Waals surface area contributed by atoms with Crippen LogP contribution in [-0.2, 0) is 11.3 Å². The number of halogens is 1. The first kappa shape index (κ1) is 15.4. The van der Waals surface area contributed by atoms with Crippen molar-refractivity contribution < 1.29 is 9.32 Å². The molecule has 1 unspecified atom stereocenters. The van der Waals surface area contributed by atoms with Crippen LogP contribution in [-0.4, -0.2) is 27.5 Å². The first-order valence-corrected chi connectivity index (χ1v) is 8.84. The van der Waals surface area contributed by atoms with Gasteiger partial charge in [-0.05, 0) is 29.1 Å². The molecule has 0 aliphatic carbocycles. The molecule has 3 heterocycles. The summed E-state index contributed by atoms with van der Waals surface area (Å²) in [5.41, 5.74) is 1.02. The Morgan fingerprint density at radius 2 is 2.25 bits per heavy atom. The monoisotopic (exact) mass is 359 g/mol. The first-order chi connectivity index (χ1) is 11.7. The van der Waals surface area contributed by atoms with E-state index in [9.17, 15) is 4.79 Å². The summed E-state index contributed by atoms with van der Waals surface area (Å²) < 4.78 is 5.33. The summed E-state index contributed by atoms with van der Waals surface area (Å²) in [5.74, 6) is 1.18. The van der Waals surface area contributed by atoms with Crippen LogP contribution in [0.2, 0.25) is 5.02 Å². The van der Waals surface area contributed by atoms with Crippen molar-refractivity contribution in [3.05, 3.63) is 58.2 Å². The topological polar surface area (TPSA) is 59.2 Å². The number of carbonyl (C=O) groups excluding carboxylic acids is 1. The molecule has 0 bridgehead atoms. The summed E-state index contributed by atoms with van der Waals surface area (Å²) in [6, 6.07) is 11.4. The van der Waals surface area contributed by atoms with Gasteiger partial charge >= 0.3 is 0 Å². The molecule has 5 nitrogen and oxygen atoms in total. The quantitative estimate of drug-likeness (QED) is 0.707. The molecule has 2 aromatic heterocycles. The van der Waals surface area contributed by atoms with Gasteiger partial charge in [-0.1, -0.05) is 35.0 Å². The van der Waals surface area contributed by atoms with Gasteiger partial charge in [0.05, 0.1) is 4.88 Å². The van der Waals surface area contributed by atoms with Gasteiger partial charge in [0, 0.05) is 30.5 Å². The van der Waals surface area contributed by atoms with E-state index >= 15 is 0 Å². The largest absolute Gasteiger partial charge is 0.338 e. The van der Waals surface area contributed by atoms with Crippen molar-refractivity contribution in [2.24, 2.45) is 0 Å². The van der Waals surface area contributed by atoms with Gasteiger partial charge in [-0.25, -0.2) is 0 Å². The molecule has 122 valence electrons. The summed E-state index contributed by atoms with van der Waals surface area (Å²) >= 11 is 7.56. The lowest BCUT2D eigenvalue weighted by Gasteiger charge is -2.16. The Morgan fingerprint density at radius 1 is 1.33 bits per heavy atom. The average molecular weight is 360 g/mol. The number of hydrogen-bond acceptors (Lipinski definition) is 5. The van der Waals surface area contributed by atoms with E-state index in [1.54, 1.807) is 11.3 Å². The molecule has 4 rings (SSSR count). The molecule has 1 aliphatic rings. The fourth-order valence-corrected chi connectivity index (χ4v) is 3.71. The lowest BCUT2D eigenvalue weighted by Crippen LogP contribution is -2.24. The highest BCUT2D eigenvalue weighted by atomic mass is 35.5. The second kappa shape index (κ2) is 6.37. The Labute approximate surface area is 147 Å². The average Bonchev–Trinajstić information content (AvgIpc) is 3.28. The van der Waals surface area contributed by atoms with Gasteiger partial charge in [0.1, 0.15) is 0 Å². The minimum Gasteiger partial charge on any atom is -0.338 e. The number of amides is 1. The first-order valence-electron chi connectivity index (χ1n) is 7.59. The van der Waals surface area contributed by atoms with Crippen molar-refractivity contribution in [2.75, 3.05) is 6.54 Å². The maximum Gasteiger partial charge on any atom is 0.267 e. The Balaban J connectivity index is 1.48. The van der Waals surface area contributed by atoms with Crippen LogP contribution in [0.3, 0.4) is 0 Å². The van der Waals surface area contributed by atoms with E-state index in [-0.39, 0.29) is 11.8 Å². The summed E-state index contributed by atoms with van der Waals surface area (Å²) in [7, 11) is 0. The van der Waals surface area contributed by atoms with Crippen molar-refractivity contribution in [1.29, 1.82) is 0 Å². The van der Waals surface area contributed by atoms with Crippen LogP contribution < -0.4 is 0 Å². The van der Waals surface area contributed by atoms with Crippen molar-refractivity contribution >= 4 is 28.8 Å². The van der Waals surface area contributed by atoms with Gasteiger partial charge in [-0.15, -0.1) is 11.3 Å². The van der Waals surface area contributed by atoms with Gasteiger partial charge in [-0.3, -0.25) is 4.79 Å². The minimum absolute atomic E-state index is 0.0332. The summed E-state index contributed by atoms with van der Waals surface area (Å²) in [6.07, 6.45) is 0.407. The zero-order chi connectivity index (χ0) is 16.5. The van der Waals surface area contributed by atoms with Crippen molar-refractivity contribution in [3.63, 3.8) is 0 Å². The number of benzene rings is 1. The van der Waals surface area contributed by atoms with E-state index in [4.69, 9.17) is 16.1 Å². The van der Waals surface area contributed by atoms with E-state index < -0.39 is 0 Å². The van der Waals surface area contributed by atoms with Crippen LogP contribution in [0.4, 0.5) is 0 Å². The van der Waals surface area contributed by atoms with Gasteiger partial charge in [0.25, 0.3) is 5.89 Å². The number of thiophene rings is 1. The van der Waals surface area contributed by atoms with E-state index in [1.807, 2.05) is 46.7 Å². The SMILES string of the molecule is O=C1CC(c2noc(-c3cccs3)n2)CN1Cc1cccc(Cl)c1. The maximum absolute atomic E-state index is 12.3. The highest BCUT2D eigenvalue weighted by Crippen LogP contribution is 2.30. The maximum atomic E-state index is 12.3. The highest BCUT2D eigenvalue weighted by molar-refractivity contribution is 7.13. The summed E-state index contributed by atoms with van der Waals surface area (Å²) in [4.78, 5) is 19.5. The van der Waals surface area contributed by atoms with Crippen LogP contribution in [0, 0.1) is 0 Å². The van der Waals surface area contributed by atoms with Crippen LogP contribution in [0.15, 0.2) is 46.3 Å². The van der Waals surface area contributed by atoms with E-state index in [0.717, 1.165) is 10.4 Å². The smallest absolute Gasteiger partial charge is 0.267 e. The zero-order valence-electron chi connectivity index (χ0n) is 12.7. The Kier molecular flexibility index (Phi) is 4.08. The number of nitrogens with zero attached hydrogens (tertiary/aromatic N) is 3. The normalized spacial score (nSPS) is 17.6. The van der Waals surface area contributed by atoms with Gasteiger partial charge < -0.3 is 9.42 Å². The zero-order valence-corrected chi connectivity index (χ0v) is 14.3. The Hall–Kier alpha value is -2.18. The van der Waals surface area contributed by atoms with E-state index in [0.29, 0.717) is 36.2 Å². The van der Waals surface area contributed by atoms with E-state index in [2.05, 4.69) is 10.1 Å². The molecule has 1 amide bonds. The molecule has 1 aromatic carbocycles. The predicted octanol–water partition coefficient (Wildman–Crippen LogP) is 3.97. The number of rotatable bonds is 4. The second-order valence-electron chi connectivity index (χ2n) is 5.74. The summed E-state index contributed by atoms with van der Waals surface area (Å²) in [6.45, 7) is 1.14. The molecule has 0 spiro atoms. The Bertz CT molecular complexity index is 862. The van der Waals surface area contributed by atoms with Crippen molar-refractivity contribution in [3.8, 4) is 10.8 Å². The van der Waals surface area contributed by atoms with Crippen LogP contribution in [0.5, 0.6) is 0 Å². The molecule has 1 saturated heterocycles. The van der Waals surface area contributed by atoms with Crippen LogP contribution in [0.1, 0.15) is 23.7 Å². The van der Waals surface area contributed by atoms with Gasteiger partial charge in [0.2, 0.25) is 5.91 Å². The third kappa shape index (κ3) is 3.07. The van der Waals surface area contributed by atoms with E-state index in [1.165, 1.54) is 0 Å². The molecule has 1 aliphatic heterocycles. The third-order valence-electron chi connectivity index (χ3n) is 4.02. The standard InChI is InChI=1S/C17H14ClN3O2S/c18-13-4-1-3-11(7-13)9-21-10-12(8-15(21)22)16-19-17(23-20-16)14-5-2-6-24-14/h1-7,12H,8-10H2. The number of aromatic nitrogens is 2. The molecule has 3 aromatic rings. The molecular weight excluding hydrogens is 346 g/mol. The van der Waals surface area contributed by atoms with Crippen LogP contribution >= 0.6 is 22.9 Å². The molecule has 1 fully saturated rings. The number of hydrogen-bond donors (Lipinski definition) is 0. The van der Waals surface area contributed by atoms with Crippen molar-refractivity contribution in [2.45, 2.75) is 18.9 Å². The Morgan fingerprint density at radius 3 is 3.04 bits per heavy atom. The second-order valence-corrected chi connectivity index (χ2v) is 7.12. The summed E-state index contributed by atoms with van der Waals surface area (Å²) in [5, 5.41) is 6.70. The van der Waals surface area contributed by atoms with Crippen molar-refractivity contribution in [1.82, 2.24) is 15.0 Å². The fraction of sp³-hybridized carbons (Fsp3) is 0.235. The minimum atomic E-state index is -0.0332. The number of likely N-dealkylation sites (tertiary alicyclic amines) is 1. The molecule has 0 radical (unpaired) electrons. The fourth-order valence-electron chi connectivity index (χ4n) is 2.85. The highest BCUT2D eigenvalue weighted by Gasteiger charge is 2.33. The molecule has 0 saturated carbocycles. The lowest BCUT2D eigenvalue weighted by atomic mass is 10.1. The third-order valence-corrected chi connectivity index (χ3v) is 5.11. The van der Waals surface area contributed by atoms with Gasteiger partial charge in [-0.2, -0.15) is 4.98 Å². The molecule has 1 atom stereocenters. The molecule has 24 heavy (non-hydrogen) atoms.